The van der Waals surface area contributed by atoms with Crippen molar-refractivity contribution in [1.29, 1.82) is 0 Å². The molecule has 0 aliphatic heterocycles. The Morgan fingerprint density at radius 3 is 2.36 bits per heavy atom. The predicted molar refractivity (Wildman–Crippen MR) is 95.9 cm³/mol. The first-order valence-corrected chi connectivity index (χ1v) is 8.10. The smallest absolute Gasteiger partial charge is 0.412 e. The van der Waals surface area contributed by atoms with Crippen LogP contribution in [0.1, 0.15) is 27.7 Å². The number of fused-ring (bicyclic) bond motifs is 1. The number of hydrogen-bond donors (Lipinski definition) is 1. The van der Waals surface area contributed by atoms with Crippen LogP contribution in [0.5, 0.6) is 5.75 Å². The van der Waals surface area contributed by atoms with E-state index in [-0.39, 0.29) is 6.61 Å². The minimum absolute atomic E-state index is 0.170. The van der Waals surface area contributed by atoms with Gasteiger partial charge >= 0.3 is 12.1 Å². The van der Waals surface area contributed by atoms with Crippen LogP contribution >= 0.6 is 0 Å². The summed E-state index contributed by atoms with van der Waals surface area (Å²) in [5.74, 6) is 0.112. The highest BCUT2D eigenvalue weighted by atomic mass is 16.6. The van der Waals surface area contributed by atoms with Crippen LogP contribution in [0.2, 0.25) is 0 Å². The van der Waals surface area contributed by atoms with Crippen molar-refractivity contribution in [3.63, 3.8) is 0 Å². The van der Waals surface area contributed by atoms with Gasteiger partial charge in [-0.3, -0.25) is 5.32 Å². The summed E-state index contributed by atoms with van der Waals surface area (Å²) < 4.78 is 15.7. The van der Waals surface area contributed by atoms with Gasteiger partial charge in [-0.25, -0.2) is 9.59 Å². The van der Waals surface area contributed by atoms with E-state index < -0.39 is 17.7 Å². The molecule has 0 aliphatic rings. The number of esters is 1. The first-order valence-electron chi connectivity index (χ1n) is 8.10. The fourth-order valence-corrected chi connectivity index (χ4v) is 2.26. The van der Waals surface area contributed by atoms with Gasteiger partial charge in [0.15, 0.2) is 6.61 Å². The fraction of sp³-hybridized carbons (Fsp3) is 0.368. The molecule has 0 heterocycles. The number of hydrogen-bond acceptors (Lipinski definition) is 5. The van der Waals surface area contributed by atoms with E-state index in [1.807, 2.05) is 24.3 Å². The molecule has 0 radical (unpaired) electrons. The number of rotatable bonds is 5. The summed E-state index contributed by atoms with van der Waals surface area (Å²) in [5, 5.41) is 4.31. The lowest BCUT2D eigenvalue weighted by atomic mass is 10.1. The number of amides is 1. The summed E-state index contributed by atoms with van der Waals surface area (Å²) in [7, 11) is 0. The molecule has 0 atom stereocenters. The van der Waals surface area contributed by atoms with Crippen LogP contribution < -0.4 is 10.1 Å². The van der Waals surface area contributed by atoms with E-state index in [4.69, 9.17) is 14.2 Å². The van der Waals surface area contributed by atoms with Gasteiger partial charge in [-0.1, -0.05) is 24.3 Å². The van der Waals surface area contributed by atoms with Gasteiger partial charge in [0.25, 0.3) is 0 Å². The molecule has 0 aromatic heterocycles. The predicted octanol–water partition coefficient (Wildman–Crippen LogP) is 4.13. The molecular formula is C19H23NO5. The van der Waals surface area contributed by atoms with Crippen molar-refractivity contribution in [3.8, 4) is 5.75 Å². The maximum Gasteiger partial charge on any atom is 0.412 e. The second-order valence-corrected chi connectivity index (χ2v) is 6.38. The van der Waals surface area contributed by atoms with Crippen molar-refractivity contribution >= 4 is 28.5 Å². The highest BCUT2D eigenvalue weighted by Crippen LogP contribution is 2.32. The molecule has 0 bridgehead atoms. The third kappa shape index (κ3) is 5.38. The molecule has 0 fully saturated rings. The minimum atomic E-state index is -0.581. The number of carbonyl (C=O) groups is 2. The molecule has 2 rings (SSSR count). The second kappa shape index (κ2) is 7.88. The Morgan fingerprint density at radius 2 is 1.72 bits per heavy atom. The zero-order valence-corrected chi connectivity index (χ0v) is 14.9. The molecule has 0 saturated heterocycles. The molecule has 0 unspecified atom stereocenters. The van der Waals surface area contributed by atoms with Gasteiger partial charge in [0.2, 0.25) is 0 Å². The van der Waals surface area contributed by atoms with E-state index in [9.17, 15) is 9.59 Å². The van der Waals surface area contributed by atoms with Gasteiger partial charge in [0.1, 0.15) is 11.4 Å². The van der Waals surface area contributed by atoms with Crippen LogP contribution in [0.3, 0.4) is 0 Å². The van der Waals surface area contributed by atoms with Gasteiger partial charge < -0.3 is 14.2 Å². The van der Waals surface area contributed by atoms with Gasteiger partial charge in [0.05, 0.1) is 12.3 Å². The average molecular weight is 345 g/mol. The molecular weight excluding hydrogens is 322 g/mol. The zero-order valence-electron chi connectivity index (χ0n) is 14.9. The summed E-state index contributed by atoms with van der Waals surface area (Å²) in [6.45, 7) is 7.29. The van der Waals surface area contributed by atoms with Gasteiger partial charge in [-0.05, 0) is 39.8 Å². The molecule has 1 amide bonds. The van der Waals surface area contributed by atoms with Crippen LogP contribution in [-0.4, -0.2) is 30.9 Å². The lowest BCUT2D eigenvalue weighted by Gasteiger charge is -2.20. The fourth-order valence-electron chi connectivity index (χ4n) is 2.26. The third-order valence-electron chi connectivity index (χ3n) is 3.17. The number of nitrogens with one attached hydrogen (secondary N) is 1. The zero-order chi connectivity index (χ0) is 18.4. The van der Waals surface area contributed by atoms with Crippen LogP contribution in [0.4, 0.5) is 10.5 Å². The maximum absolute atomic E-state index is 12.0. The summed E-state index contributed by atoms with van der Waals surface area (Å²) in [5.41, 5.74) is 0.0242. The number of benzene rings is 2. The Labute approximate surface area is 147 Å². The summed E-state index contributed by atoms with van der Waals surface area (Å²) in [6, 6.07) is 10.9. The Kier molecular flexibility index (Phi) is 5.85. The van der Waals surface area contributed by atoms with E-state index >= 15 is 0 Å². The van der Waals surface area contributed by atoms with E-state index in [1.54, 1.807) is 39.8 Å². The van der Waals surface area contributed by atoms with Gasteiger partial charge in [0, 0.05) is 10.8 Å². The Balaban J connectivity index is 2.23. The van der Waals surface area contributed by atoms with E-state index in [0.29, 0.717) is 18.0 Å². The summed E-state index contributed by atoms with van der Waals surface area (Å²) in [4.78, 5) is 23.5. The number of anilines is 1. The SMILES string of the molecule is CCOC(=O)COc1ccc(NC(=O)OC(C)(C)C)c2ccccc12. The lowest BCUT2D eigenvalue weighted by Crippen LogP contribution is -2.27. The summed E-state index contributed by atoms with van der Waals surface area (Å²) >= 11 is 0. The van der Waals surface area contributed by atoms with Crippen molar-refractivity contribution in [1.82, 2.24) is 0 Å². The van der Waals surface area contributed by atoms with Crippen molar-refractivity contribution < 1.29 is 23.8 Å². The molecule has 6 heteroatoms. The van der Waals surface area contributed by atoms with Crippen LogP contribution in [-0.2, 0) is 14.3 Å². The van der Waals surface area contributed by atoms with Crippen LogP contribution in [0.15, 0.2) is 36.4 Å². The van der Waals surface area contributed by atoms with Crippen molar-refractivity contribution in [2.24, 2.45) is 0 Å². The normalized spacial score (nSPS) is 11.0. The highest BCUT2D eigenvalue weighted by Gasteiger charge is 2.17. The Hall–Kier alpha value is -2.76. The van der Waals surface area contributed by atoms with E-state index in [2.05, 4.69) is 5.32 Å². The molecule has 0 saturated carbocycles. The first kappa shape index (κ1) is 18.6. The van der Waals surface area contributed by atoms with E-state index in [1.165, 1.54) is 0 Å². The Morgan fingerprint density at radius 1 is 1.04 bits per heavy atom. The molecule has 6 nitrogen and oxygen atoms in total. The minimum Gasteiger partial charge on any atom is -0.481 e. The number of ether oxygens (including phenoxy) is 3. The van der Waals surface area contributed by atoms with Gasteiger partial charge in [-0.15, -0.1) is 0 Å². The quantitative estimate of drug-likeness (QED) is 0.825. The van der Waals surface area contributed by atoms with E-state index in [0.717, 1.165) is 10.8 Å². The monoisotopic (exact) mass is 345 g/mol. The first-order chi connectivity index (χ1) is 11.8. The Bertz CT molecular complexity index is 764. The molecule has 1 N–H and O–H groups in total. The van der Waals surface area contributed by atoms with Crippen molar-refractivity contribution in [2.45, 2.75) is 33.3 Å². The topological polar surface area (TPSA) is 73.9 Å². The highest BCUT2D eigenvalue weighted by molar-refractivity contribution is 6.02. The summed E-state index contributed by atoms with van der Waals surface area (Å²) in [6.07, 6.45) is -0.530. The molecule has 2 aromatic carbocycles. The second-order valence-electron chi connectivity index (χ2n) is 6.38. The van der Waals surface area contributed by atoms with Crippen molar-refractivity contribution in [2.75, 3.05) is 18.5 Å². The average Bonchev–Trinajstić information content (AvgIpc) is 2.52. The lowest BCUT2D eigenvalue weighted by molar-refractivity contribution is -0.145. The maximum atomic E-state index is 12.0. The van der Waals surface area contributed by atoms with Crippen LogP contribution in [0, 0.1) is 0 Å². The molecule has 0 spiro atoms. The molecule has 25 heavy (non-hydrogen) atoms. The standard InChI is InChI=1S/C19H23NO5/c1-5-23-17(21)12-24-16-11-10-15(13-8-6-7-9-14(13)16)20-18(22)25-19(2,3)4/h6-11H,5,12H2,1-4H3,(H,20,22). The largest absolute Gasteiger partial charge is 0.481 e. The molecule has 2 aromatic rings. The third-order valence-corrected chi connectivity index (χ3v) is 3.17. The van der Waals surface area contributed by atoms with Crippen molar-refractivity contribution in [3.05, 3.63) is 36.4 Å². The number of carbonyl (C=O) groups excluding carboxylic acids is 2. The van der Waals surface area contributed by atoms with Crippen LogP contribution in [0.25, 0.3) is 10.8 Å². The van der Waals surface area contributed by atoms with Gasteiger partial charge in [-0.2, -0.15) is 0 Å². The molecule has 134 valence electrons. The molecule has 0 aliphatic carbocycles.